The van der Waals surface area contributed by atoms with Gasteiger partial charge in [0.25, 0.3) is 0 Å². The Morgan fingerprint density at radius 3 is 2.67 bits per heavy atom. The van der Waals surface area contributed by atoms with Crippen LogP contribution in [0, 0.1) is 5.82 Å². The normalized spacial score (nSPS) is 12.7. The van der Waals surface area contributed by atoms with Gasteiger partial charge in [-0.1, -0.05) is 62.8 Å². The van der Waals surface area contributed by atoms with Crippen LogP contribution in [0.2, 0.25) is 5.02 Å². The van der Waals surface area contributed by atoms with E-state index in [1.54, 1.807) is 18.2 Å². The number of rotatable bonds is 8. The molecule has 4 heteroatoms. The molecule has 1 aromatic rings. The highest BCUT2D eigenvalue weighted by Crippen LogP contribution is 2.26. The van der Waals surface area contributed by atoms with Gasteiger partial charge in [-0.05, 0) is 12.5 Å². The first-order chi connectivity index (χ1) is 8.70. The second-order valence-corrected chi connectivity index (χ2v) is 4.97. The van der Waals surface area contributed by atoms with Crippen molar-refractivity contribution in [1.82, 2.24) is 5.43 Å². The zero-order chi connectivity index (χ0) is 13.4. The molecule has 0 fully saturated rings. The number of unbranched alkanes of at least 4 members (excludes halogenated alkanes) is 4. The Balaban J connectivity index is 2.52. The molecule has 0 amide bonds. The van der Waals surface area contributed by atoms with Crippen LogP contribution in [-0.2, 0) is 0 Å². The topological polar surface area (TPSA) is 38.0 Å². The maximum Gasteiger partial charge on any atom is 0.146 e. The van der Waals surface area contributed by atoms with E-state index < -0.39 is 0 Å². The lowest BCUT2D eigenvalue weighted by Crippen LogP contribution is -2.28. The van der Waals surface area contributed by atoms with E-state index in [4.69, 9.17) is 17.4 Å². The number of halogens is 2. The molecule has 0 radical (unpaired) electrons. The maximum atomic E-state index is 13.8. The van der Waals surface area contributed by atoms with Crippen LogP contribution in [-0.4, -0.2) is 0 Å². The van der Waals surface area contributed by atoms with E-state index in [0.29, 0.717) is 5.56 Å². The molecule has 0 aliphatic heterocycles. The molecular weight excluding hydrogens is 251 g/mol. The molecule has 102 valence electrons. The van der Waals surface area contributed by atoms with Crippen LogP contribution >= 0.6 is 11.6 Å². The predicted molar refractivity (Wildman–Crippen MR) is 74.9 cm³/mol. The molecule has 0 saturated carbocycles. The van der Waals surface area contributed by atoms with Crippen molar-refractivity contribution in [2.24, 2.45) is 5.84 Å². The molecule has 0 saturated heterocycles. The van der Waals surface area contributed by atoms with Gasteiger partial charge in [-0.25, -0.2) is 4.39 Å². The Morgan fingerprint density at radius 2 is 2.00 bits per heavy atom. The molecule has 1 rings (SSSR count). The van der Waals surface area contributed by atoms with Crippen molar-refractivity contribution < 1.29 is 4.39 Å². The molecule has 0 spiro atoms. The third-order valence-electron chi connectivity index (χ3n) is 3.15. The summed E-state index contributed by atoms with van der Waals surface area (Å²) in [5.74, 6) is 5.14. The number of hydrogen-bond acceptors (Lipinski definition) is 2. The second-order valence-electron chi connectivity index (χ2n) is 4.57. The third-order valence-corrected chi connectivity index (χ3v) is 3.45. The van der Waals surface area contributed by atoms with E-state index in [0.717, 1.165) is 19.3 Å². The van der Waals surface area contributed by atoms with Gasteiger partial charge in [0.2, 0.25) is 0 Å². The Kier molecular flexibility index (Phi) is 7.25. The fraction of sp³-hybridized carbons (Fsp3) is 0.571. The van der Waals surface area contributed by atoms with Crippen molar-refractivity contribution in [2.45, 2.75) is 51.5 Å². The fourth-order valence-electron chi connectivity index (χ4n) is 2.07. The summed E-state index contributed by atoms with van der Waals surface area (Å²) in [5, 5.41) is 0.152. The number of benzene rings is 1. The summed E-state index contributed by atoms with van der Waals surface area (Å²) in [6.45, 7) is 2.19. The molecule has 3 N–H and O–H groups in total. The molecule has 0 bridgehead atoms. The van der Waals surface area contributed by atoms with Gasteiger partial charge >= 0.3 is 0 Å². The summed E-state index contributed by atoms with van der Waals surface area (Å²) in [4.78, 5) is 0. The van der Waals surface area contributed by atoms with Crippen molar-refractivity contribution >= 4 is 11.6 Å². The number of nitrogens with one attached hydrogen (secondary N) is 1. The summed E-state index contributed by atoms with van der Waals surface area (Å²) in [5.41, 5.74) is 3.23. The fourth-order valence-corrected chi connectivity index (χ4v) is 2.25. The van der Waals surface area contributed by atoms with Crippen molar-refractivity contribution in [3.05, 3.63) is 34.6 Å². The smallest absolute Gasteiger partial charge is 0.146 e. The summed E-state index contributed by atoms with van der Waals surface area (Å²) in [6.07, 6.45) is 6.74. The van der Waals surface area contributed by atoms with Crippen LogP contribution in [0.4, 0.5) is 4.39 Å². The molecule has 1 atom stereocenters. The van der Waals surface area contributed by atoms with Crippen LogP contribution < -0.4 is 11.3 Å². The van der Waals surface area contributed by atoms with Gasteiger partial charge in [-0.2, -0.15) is 0 Å². The van der Waals surface area contributed by atoms with Crippen LogP contribution in [0.1, 0.15) is 57.1 Å². The Labute approximate surface area is 114 Å². The van der Waals surface area contributed by atoms with Gasteiger partial charge in [0.1, 0.15) is 5.82 Å². The Bertz CT molecular complexity index is 358. The zero-order valence-electron chi connectivity index (χ0n) is 10.9. The SMILES string of the molecule is CCCCCCCC(NN)c1cccc(Cl)c1F. The first-order valence-electron chi connectivity index (χ1n) is 6.60. The van der Waals surface area contributed by atoms with Crippen LogP contribution in [0.3, 0.4) is 0 Å². The van der Waals surface area contributed by atoms with E-state index in [1.807, 2.05) is 0 Å². The largest absolute Gasteiger partial charge is 0.271 e. The molecule has 0 heterocycles. The van der Waals surface area contributed by atoms with E-state index in [1.165, 1.54) is 19.3 Å². The van der Waals surface area contributed by atoms with E-state index in [-0.39, 0.29) is 16.9 Å². The summed E-state index contributed by atoms with van der Waals surface area (Å²) in [7, 11) is 0. The number of nitrogens with two attached hydrogens (primary N) is 1. The van der Waals surface area contributed by atoms with E-state index >= 15 is 0 Å². The maximum absolute atomic E-state index is 13.8. The van der Waals surface area contributed by atoms with Crippen LogP contribution in [0.25, 0.3) is 0 Å². The Hall–Kier alpha value is -0.640. The summed E-state index contributed by atoms with van der Waals surface area (Å²) >= 11 is 5.77. The molecular formula is C14H22ClFN2. The molecule has 2 nitrogen and oxygen atoms in total. The van der Waals surface area contributed by atoms with Crippen molar-refractivity contribution in [3.63, 3.8) is 0 Å². The van der Waals surface area contributed by atoms with Crippen molar-refractivity contribution in [2.75, 3.05) is 0 Å². The average molecular weight is 273 g/mol. The van der Waals surface area contributed by atoms with Gasteiger partial charge in [-0.15, -0.1) is 0 Å². The lowest BCUT2D eigenvalue weighted by atomic mass is 10.00. The lowest BCUT2D eigenvalue weighted by molar-refractivity contribution is 0.459. The standard InChI is InChI=1S/C14H22ClFN2/c1-2-3-4-5-6-10-13(18-17)11-8-7-9-12(15)14(11)16/h7-9,13,18H,2-6,10,17H2,1H3. The van der Waals surface area contributed by atoms with Gasteiger partial charge < -0.3 is 0 Å². The molecule has 1 aromatic carbocycles. The van der Waals surface area contributed by atoms with Crippen molar-refractivity contribution in [3.8, 4) is 0 Å². The van der Waals surface area contributed by atoms with Gasteiger partial charge in [0.05, 0.1) is 5.02 Å². The quantitative estimate of drug-likeness (QED) is 0.420. The van der Waals surface area contributed by atoms with E-state index in [2.05, 4.69) is 12.3 Å². The first-order valence-corrected chi connectivity index (χ1v) is 6.98. The molecule has 18 heavy (non-hydrogen) atoms. The van der Waals surface area contributed by atoms with Gasteiger partial charge in [0.15, 0.2) is 0 Å². The molecule has 0 aromatic heterocycles. The minimum atomic E-state index is -0.365. The van der Waals surface area contributed by atoms with Crippen LogP contribution in [0.15, 0.2) is 18.2 Å². The predicted octanol–water partition coefficient (Wildman–Crippen LogP) is 4.34. The zero-order valence-corrected chi connectivity index (χ0v) is 11.6. The Morgan fingerprint density at radius 1 is 1.28 bits per heavy atom. The molecule has 0 aliphatic carbocycles. The van der Waals surface area contributed by atoms with Crippen LogP contribution in [0.5, 0.6) is 0 Å². The third kappa shape index (κ3) is 4.56. The highest BCUT2D eigenvalue weighted by molar-refractivity contribution is 6.30. The molecule has 1 unspecified atom stereocenters. The van der Waals surface area contributed by atoms with Gasteiger partial charge in [0, 0.05) is 11.6 Å². The summed E-state index contributed by atoms with van der Waals surface area (Å²) in [6, 6.07) is 4.88. The highest BCUT2D eigenvalue weighted by atomic mass is 35.5. The van der Waals surface area contributed by atoms with E-state index in [9.17, 15) is 4.39 Å². The van der Waals surface area contributed by atoms with Crippen molar-refractivity contribution in [1.29, 1.82) is 0 Å². The second kappa shape index (κ2) is 8.46. The minimum Gasteiger partial charge on any atom is -0.271 e. The minimum absolute atomic E-state index is 0.152. The average Bonchev–Trinajstić information content (AvgIpc) is 2.38. The monoisotopic (exact) mass is 272 g/mol. The van der Waals surface area contributed by atoms with Gasteiger partial charge in [-0.3, -0.25) is 11.3 Å². The first kappa shape index (κ1) is 15.4. The lowest BCUT2D eigenvalue weighted by Gasteiger charge is -2.17. The number of hydrazine groups is 1. The summed E-state index contributed by atoms with van der Waals surface area (Å²) < 4.78 is 13.8. The molecule has 0 aliphatic rings. The number of hydrogen-bond donors (Lipinski definition) is 2. The highest BCUT2D eigenvalue weighted by Gasteiger charge is 2.15.